The SMILES string of the molecule is CC(C)[C@@H]1NC(=O)N(CC(=O)N(C(C)C)C(C)C)C1=O. The Morgan fingerprint density at radius 3 is 2.00 bits per heavy atom. The summed E-state index contributed by atoms with van der Waals surface area (Å²) in [7, 11) is 0. The van der Waals surface area contributed by atoms with Crippen molar-refractivity contribution in [2.75, 3.05) is 6.54 Å². The van der Waals surface area contributed by atoms with Gasteiger partial charge in [-0.1, -0.05) is 13.8 Å². The Hall–Kier alpha value is -1.59. The van der Waals surface area contributed by atoms with E-state index in [0.717, 1.165) is 4.90 Å². The van der Waals surface area contributed by atoms with Crippen LogP contribution >= 0.6 is 0 Å². The van der Waals surface area contributed by atoms with Crippen molar-refractivity contribution >= 4 is 17.8 Å². The molecular weight excluding hydrogens is 258 g/mol. The predicted octanol–water partition coefficient (Wildman–Crippen LogP) is 1.21. The lowest BCUT2D eigenvalue weighted by molar-refractivity contribution is -0.140. The monoisotopic (exact) mass is 283 g/mol. The Labute approximate surface area is 120 Å². The molecule has 0 radical (unpaired) electrons. The molecule has 1 atom stereocenters. The molecule has 20 heavy (non-hydrogen) atoms. The van der Waals surface area contributed by atoms with Crippen molar-refractivity contribution in [3.05, 3.63) is 0 Å². The summed E-state index contributed by atoms with van der Waals surface area (Å²) in [5.41, 5.74) is 0. The van der Waals surface area contributed by atoms with Gasteiger partial charge < -0.3 is 10.2 Å². The highest BCUT2D eigenvalue weighted by atomic mass is 16.2. The van der Waals surface area contributed by atoms with Crippen LogP contribution in [-0.2, 0) is 9.59 Å². The third-order valence-corrected chi connectivity index (χ3v) is 3.42. The van der Waals surface area contributed by atoms with E-state index in [9.17, 15) is 14.4 Å². The van der Waals surface area contributed by atoms with E-state index in [-0.39, 0.29) is 36.4 Å². The first-order valence-electron chi connectivity index (χ1n) is 7.09. The molecule has 0 unspecified atom stereocenters. The van der Waals surface area contributed by atoms with Crippen molar-refractivity contribution in [3.63, 3.8) is 0 Å². The molecule has 0 bridgehead atoms. The summed E-state index contributed by atoms with van der Waals surface area (Å²) >= 11 is 0. The number of imide groups is 1. The van der Waals surface area contributed by atoms with Crippen LogP contribution in [0.1, 0.15) is 41.5 Å². The summed E-state index contributed by atoms with van der Waals surface area (Å²) in [6.45, 7) is 11.2. The van der Waals surface area contributed by atoms with Crippen LogP contribution in [0.15, 0.2) is 0 Å². The molecule has 1 saturated heterocycles. The molecule has 0 spiro atoms. The van der Waals surface area contributed by atoms with Crippen LogP contribution in [0.25, 0.3) is 0 Å². The number of hydrogen-bond acceptors (Lipinski definition) is 3. The van der Waals surface area contributed by atoms with Crippen molar-refractivity contribution in [1.29, 1.82) is 0 Å². The average Bonchev–Trinajstić information content (AvgIpc) is 2.56. The van der Waals surface area contributed by atoms with Gasteiger partial charge in [0.2, 0.25) is 5.91 Å². The Kier molecular flexibility index (Phi) is 5.14. The van der Waals surface area contributed by atoms with Crippen molar-refractivity contribution in [1.82, 2.24) is 15.1 Å². The molecule has 1 fully saturated rings. The average molecular weight is 283 g/mol. The summed E-state index contributed by atoms with van der Waals surface area (Å²) in [5.74, 6) is -0.508. The van der Waals surface area contributed by atoms with Crippen LogP contribution in [0.3, 0.4) is 0 Å². The second-order valence-electron chi connectivity index (χ2n) is 6.08. The summed E-state index contributed by atoms with van der Waals surface area (Å²) in [4.78, 5) is 39.0. The van der Waals surface area contributed by atoms with Gasteiger partial charge in [0.05, 0.1) is 0 Å². The van der Waals surface area contributed by atoms with Crippen LogP contribution in [0, 0.1) is 5.92 Å². The second-order valence-corrected chi connectivity index (χ2v) is 6.08. The minimum atomic E-state index is -0.526. The van der Waals surface area contributed by atoms with Gasteiger partial charge in [-0.25, -0.2) is 4.79 Å². The molecule has 0 saturated carbocycles. The Morgan fingerprint density at radius 1 is 1.15 bits per heavy atom. The Morgan fingerprint density at radius 2 is 1.65 bits per heavy atom. The minimum Gasteiger partial charge on any atom is -0.336 e. The van der Waals surface area contributed by atoms with E-state index in [4.69, 9.17) is 0 Å². The first-order chi connectivity index (χ1) is 9.16. The molecular formula is C14H25N3O3. The standard InChI is InChI=1S/C14H25N3O3/c1-8(2)12-13(19)16(14(20)15-12)7-11(18)17(9(3)4)10(5)6/h8-10,12H,7H2,1-6H3,(H,15,20)/t12-/m0/s1. The lowest BCUT2D eigenvalue weighted by Crippen LogP contribution is -2.48. The molecule has 0 aromatic rings. The number of carbonyl (C=O) groups is 3. The Bertz CT molecular complexity index is 396. The van der Waals surface area contributed by atoms with E-state index in [1.807, 2.05) is 41.5 Å². The molecule has 1 rings (SSSR count). The number of nitrogens with one attached hydrogen (secondary N) is 1. The lowest BCUT2D eigenvalue weighted by atomic mass is 10.1. The number of rotatable bonds is 5. The first kappa shape index (κ1) is 16.5. The third-order valence-electron chi connectivity index (χ3n) is 3.42. The molecule has 1 aliphatic heterocycles. The summed E-state index contributed by atoms with van der Waals surface area (Å²) in [6.07, 6.45) is 0. The van der Waals surface area contributed by atoms with Gasteiger partial charge in [-0.05, 0) is 33.6 Å². The van der Waals surface area contributed by atoms with Crippen LogP contribution < -0.4 is 5.32 Å². The topological polar surface area (TPSA) is 69.7 Å². The van der Waals surface area contributed by atoms with Gasteiger partial charge in [-0.15, -0.1) is 0 Å². The maximum atomic E-state index is 12.3. The van der Waals surface area contributed by atoms with E-state index >= 15 is 0 Å². The molecule has 1 heterocycles. The van der Waals surface area contributed by atoms with Crippen molar-refractivity contribution in [2.45, 2.75) is 59.7 Å². The van der Waals surface area contributed by atoms with E-state index in [1.165, 1.54) is 0 Å². The molecule has 6 heteroatoms. The maximum absolute atomic E-state index is 12.3. The van der Waals surface area contributed by atoms with Gasteiger partial charge in [-0.2, -0.15) is 0 Å². The van der Waals surface area contributed by atoms with Gasteiger partial charge >= 0.3 is 6.03 Å². The number of amides is 4. The number of carbonyl (C=O) groups excluding carboxylic acids is 3. The van der Waals surface area contributed by atoms with E-state index in [1.54, 1.807) is 4.90 Å². The fourth-order valence-corrected chi connectivity index (χ4v) is 2.53. The zero-order valence-electron chi connectivity index (χ0n) is 13.1. The molecule has 6 nitrogen and oxygen atoms in total. The highest BCUT2D eigenvalue weighted by Crippen LogP contribution is 2.15. The normalized spacial score (nSPS) is 19.2. The van der Waals surface area contributed by atoms with Crippen LogP contribution in [-0.4, -0.2) is 52.3 Å². The second kappa shape index (κ2) is 6.24. The highest BCUT2D eigenvalue weighted by Gasteiger charge is 2.41. The molecule has 1 N–H and O–H groups in total. The van der Waals surface area contributed by atoms with Gasteiger partial charge in [0.15, 0.2) is 0 Å². The van der Waals surface area contributed by atoms with Gasteiger partial charge in [0.1, 0.15) is 12.6 Å². The summed E-state index contributed by atoms with van der Waals surface area (Å²) in [6, 6.07) is -0.940. The predicted molar refractivity (Wildman–Crippen MR) is 76.0 cm³/mol. The van der Waals surface area contributed by atoms with Crippen LogP contribution in [0.2, 0.25) is 0 Å². The fourth-order valence-electron chi connectivity index (χ4n) is 2.53. The quantitative estimate of drug-likeness (QED) is 0.771. The van der Waals surface area contributed by atoms with Crippen molar-refractivity contribution in [3.8, 4) is 0 Å². The smallest absolute Gasteiger partial charge is 0.325 e. The molecule has 1 aliphatic rings. The van der Waals surface area contributed by atoms with Crippen molar-refractivity contribution < 1.29 is 14.4 Å². The molecule has 4 amide bonds. The zero-order valence-corrected chi connectivity index (χ0v) is 13.1. The van der Waals surface area contributed by atoms with Crippen LogP contribution in [0.5, 0.6) is 0 Å². The molecule has 114 valence electrons. The summed E-state index contributed by atoms with van der Waals surface area (Å²) in [5, 5.41) is 2.62. The first-order valence-corrected chi connectivity index (χ1v) is 7.09. The highest BCUT2D eigenvalue weighted by molar-refractivity contribution is 6.06. The summed E-state index contributed by atoms with van der Waals surface area (Å²) < 4.78 is 0. The molecule has 0 aromatic carbocycles. The number of hydrogen-bond donors (Lipinski definition) is 1. The molecule has 0 aromatic heterocycles. The number of nitrogens with zero attached hydrogens (tertiary/aromatic N) is 2. The largest absolute Gasteiger partial charge is 0.336 e. The van der Waals surface area contributed by atoms with Gasteiger partial charge in [-0.3, -0.25) is 14.5 Å². The van der Waals surface area contributed by atoms with Crippen LogP contribution in [0.4, 0.5) is 4.79 Å². The van der Waals surface area contributed by atoms with Gasteiger partial charge in [0.25, 0.3) is 5.91 Å². The van der Waals surface area contributed by atoms with E-state index in [0.29, 0.717) is 0 Å². The lowest BCUT2D eigenvalue weighted by Gasteiger charge is -2.31. The molecule has 0 aliphatic carbocycles. The third kappa shape index (κ3) is 3.29. The fraction of sp³-hybridized carbons (Fsp3) is 0.786. The van der Waals surface area contributed by atoms with E-state index < -0.39 is 12.1 Å². The van der Waals surface area contributed by atoms with Gasteiger partial charge in [0, 0.05) is 12.1 Å². The van der Waals surface area contributed by atoms with E-state index in [2.05, 4.69) is 5.32 Å². The van der Waals surface area contributed by atoms with Crippen molar-refractivity contribution in [2.24, 2.45) is 5.92 Å². The minimum absolute atomic E-state index is 0.0119. The number of urea groups is 1. The Balaban J connectivity index is 2.80. The zero-order chi connectivity index (χ0) is 15.6. The maximum Gasteiger partial charge on any atom is 0.325 e.